The zero-order valence-corrected chi connectivity index (χ0v) is 14.0. The lowest BCUT2D eigenvalue weighted by Gasteiger charge is -2.34. The largest absolute Gasteiger partial charge is 0.335 e. The molecule has 0 saturated heterocycles. The van der Waals surface area contributed by atoms with Crippen molar-refractivity contribution >= 4 is 5.91 Å². The standard InChI is InChI=1S/C19H19N5O/c1-14-18-13-20-9-7-15(18)8-10-23(14)19(25)11-16-12-21-24(22-16)17-5-3-2-4-6-17/h2-7,9,12-14H,8,10-11H2,1H3. The summed E-state index contributed by atoms with van der Waals surface area (Å²) in [6.07, 6.45) is 6.46. The predicted octanol–water partition coefficient (Wildman–Crippen LogP) is 2.35. The second kappa shape index (κ2) is 6.47. The first-order valence-corrected chi connectivity index (χ1v) is 8.41. The van der Waals surface area contributed by atoms with Gasteiger partial charge in [0, 0.05) is 18.9 Å². The van der Waals surface area contributed by atoms with Gasteiger partial charge in [0.05, 0.1) is 30.0 Å². The van der Waals surface area contributed by atoms with Crippen molar-refractivity contribution in [2.24, 2.45) is 0 Å². The van der Waals surface area contributed by atoms with E-state index in [1.54, 1.807) is 11.0 Å². The molecule has 1 unspecified atom stereocenters. The molecule has 1 amide bonds. The Morgan fingerprint density at radius 3 is 2.88 bits per heavy atom. The fraction of sp³-hybridized carbons (Fsp3) is 0.263. The van der Waals surface area contributed by atoms with Crippen LogP contribution in [0.3, 0.4) is 0 Å². The van der Waals surface area contributed by atoms with Gasteiger partial charge in [-0.3, -0.25) is 9.78 Å². The summed E-state index contributed by atoms with van der Waals surface area (Å²) in [4.78, 5) is 20.4. The molecule has 6 nitrogen and oxygen atoms in total. The number of carbonyl (C=O) groups excluding carboxylic acids is 1. The molecule has 1 aromatic carbocycles. The van der Waals surface area contributed by atoms with E-state index in [0.717, 1.165) is 24.2 Å². The van der Waals surface area contributed by atoms with Gasteiger partial charge in [0.1, 0.15) is 0 Å². The van der Waals surface area contributed by atoms with E-state index in [0.29, 0.717) is 5.69 Å². The highest BCUT2D eigenvalue weighted by Crippen LogP contribution is 2.28. The Kier molecular flexibility index (Phi) is 4.01. The van der Waals surface area contributed by atoms with Crippen LogP contribution in [0.4, 0.5) is 0 Å². The molecule has 0 saturated carbocycles. The average Bonchev–Trinajstić information content (AvgIpc) is 3.11. The molecule has 4 rings (SSSR count). The number of carbonyl (C=O) groups is 1. The van der Waals surface area contributed by atoms with Gasteiger partial charge in [-0.25, -0.2) is 0 Å². The average molecular weight is 333 g/mol. The molecule has 6 heteroatoms. The molecule has 0 bridgehead atoms. The molecule has 0 N–H and O–H groups in total. The van der Waals surface area contributed by atoms with Gasteiger partial charge in [-0.05, 0) is 42.7 Å². The van der Waals surface area contributed by atoms with Gasteiger partial charge in [0.2, 0.25) is 5.91 Å². The maximum atomic E-state index is 12.8. The molecular weight excluding hydrogens is 314 g/mol. The van der Waals surface area contributed by atoms with Gasteiger partial charge in [0.25, 0.3) is 0 Å². The van der Waals surface area contributed by atoms with Crippen LogP contribution in [-0.4, -0.2) is 37.3 Å². The smallest absolute Gasteiger partial charge is 0.229 e. The summed E-state index contributed by atoms with van der Waals surface area (Å²) in [5.74, 6) is 0.0714. The van der Waals surface area contributed by atoms with E-state index >= 15 is 0 Å². The molecule has 3 aromatic rings. The molecule has 3 heterocycles. The van der Waals surface area contributed by atoms with Crippen molar-refractivity contribution in [3.63, 3.8) is 0 Å². The summed E-state index contributed by atoms with van der Waals surface area (Å²) in [6, 6.07) is 11.8. The monoisotopic (exact) mass is 333 g/mol. The van der Waals surface area contributed by atoms with Crippen LogP contribution < -0.4 is 0 Å². The van der Waals surface area contributed by atoms with E-state index in [-0.39, 0.29) is 18.4 Å². The number of aromatic nitrogens is 4. The Labute approximate surface area is 146 Å². The summed E-state index contributed by atoms with van der Waals surface area (Å²) >= 11 is 0. The number of rotatable bonds is 3. The molecule has 25 heavy (non-hydrogen) atoms. The van der Waals surface area contributed by atoms with Crippen LogP contribution in [0.5, 0.6) is 0 Å². The maximum absolute atomic E-state index is 12.8. The molecule has 0 aliphatic carbocycles. The van der Waals surface area contributed by atoms with Gasteiger partial charge in [0.15, 0.2) is 0 Å². The van der Waals surface area contributed by atoms with Crippen LogP contribution in [0.1, 0.15) is 29.8 Å². The van der Waals surface area contributed by atoms with Gasteiger partial charge in [-0.1, -0.05) is 18.2 Å². The van der Waals surface area contributed by atoms with Gasteiger partial charge in [-0.15, -0.1) is 0 Å². The summed E-state index contributed by atoms with van der Waals surface area (Å²) in [6.45, 7) is 2.78. The van der Waals surface area contributed by atoms with Crippen LogP contribution in [0.2, 0.25) is 0 Å². The van der Waals surface area contributed by atoms with E-state index in [4.69, 9.17) is 0 Å². The minimum atomic E-state index is 0.0362. The van der Waals surface area contributed by atoms with Crippen LogP contribution in [-0.2, 0) is 17.6 Å². The summed E-state index contributed by atoms with van der Waals surface area (Å²) in [5, 5.41) is 8.69. The van der Waals surface area contributed by atoms with Gasteiger partial charge in [-0.2, -0.15) is 15.0 Å². The second-order valence-electron chi connectivity index (χ2n) is 6.23. The Balaban J connectivity index is 1.49. The highest BCUT2D eigenvalue weighted by atomic mass is 16.2. The van der Waals surface area contributed by atoms with E-state index in [2.05, 4.69) is 22.1 Å². The van der Waals surface area contributed by atoms with Crippen LogP contribution in [0.15, 0.2) is 55.0 Å². The van der Waals surface area contributed by atoms with E-state index in [1.807, 2.05) is 53.7 Å². The topological polar surface area (TPSA) is 63.9 Å². The quantitative estimate of drug-likeness (QED) is 0.738. The molecule has 0 spiro atoms. The third-order valence-electron chi connectivity index (χ3n) is 4.66. The summed E-state index contributed by atoms with van der Waals surface area (Å²) in [5.41, 5.74) is 3.97. The second-order valence-corrected chi connectivity index (χ2v) is 6.23. The number of benzene rings is 1. The molecule has 0 fully saturated rings. The number of hydrogen-bond acceptors (Lipinski definition) is 4. The lowest BCUT2D eigenvalue weighted by molar-refractivity contribution is -0.133. The molecule has 1 atom stereocenters. The van der Waals surface area contributed by atoms with E-state index in [9.17, 15) is 4.79 Å². The van der Waals surface area contributed by atoms with Crippen molar-refractivity contribution in [1.82, 2.24) is 24.9 Å². The number of amides is 1. The Hall–Kier alpha value is -3.02. The van der Waals surface area contributed by atoms with Crippen molar-refractivity contribution in [1.29, 1.82) is 0 Å². The van der Waals surface area contributed by atoms with Gasteiger partial charge < -0.3 is 4.90 Å². The van der Waals surface area contributed by atoms with Crippen molar-refractivity contribution in [3.8, 4) is 5.69 Å². The number of para-hydroxylation sites is 1. The Morgan fingerprint density at radius 2 is 2.04 bits per heavy atom. The first-order valence-electron chi connectivity index (χ1n) is 8.41. The zero-order chi connectivity index (χ0) is 17.2. The van der Waals surface area contributed by atoms with Crippen LogP contribution >= 0.6 is 0 Å². The molecular formula is C19H19N5O. The van der Waals surface area contributed by atoms with Crippen molar-refractivity contribution in [3.05, 3.63) is 71.8 Å². The predicted molar refractivity (Wildman–Crippen MR) is 93.1 cm³/mol. The molecule has 0 radical (unpaired) electrons. The Bertz CT molecular complexity index is 890. The number of hydrogen-bond donors (Lipinski definition) is 0. The maximum Gasteiger partial charge on any atom is 0.229 e. The normalized spacial score (nSPS) is 16.5. The third-order valence-corrected chi connectivity index (χ3v) is 4.66. The fourth-order valence-corrected chi connectivity index (χ4v) is 3.30. The van der Waals surface area contributed by atoms with Crippen LogP contribution in [0, 0.1) is 0 Å². The van der Waals surface area contributed by atoms with Crippen molar-refractivity contribution < 1.29 is 4.79 Å². The highest BCUT2D eigenvalue weighted by Gasteiger charge is 2.28. The number of nitrogens with zero attached hydrogens (tertiary/aromatic N) is 5. The fourth-order valence-electron chi connectivity index (χ4n) is 3.30. The third kappa shape index (κ3) is 3.03. The zero-order valence-electron chi connectivity index (χ0n) is 14.0. The highest BCUT2D eigenvalue weighted by molar-refractivity contribution is 5.79. The first kappa shape index (κ1) is 15.5. The minimum Gasteiger partial charge on any atom is -0.335 e. The molecule has 1 aliphatic heterocycles. The van der Waals surface area contributed by atoms with Crippen LogP contribution in [0.25, 0.3) is 5.69 Å². The molecule has 1 aliphatic rings. The van der Waals surface area contributed by atoms with E-state index < -0.39 is 0 Å². The van der Waals surface area contributed by atoms with E-state index in [1.165, 1.54) is 5.56 Å². The Morgan fingerprint density at radius 1 is 1.20 bits per heavy atom. The lowest BCUT2D eigenvalue weighted by Crippen LogP contribution is -2.39. The number of fused-ring (bicyclic) bond motifs is 1. The summed E-state index contributed by atoms with van der Waals surface area (Å²) in [7, 11) is 0. The SMILES string of the molecule is CC1c2cnccc2CCN1C(=O)Cc1cnn(-c2ccccc2)n1. The number of pyridine rings is 1. The first-order chi connectivity index (χ1) is 12.2. The molecule has 126 valence electrons. The van der Waals surface area contributed by atoms with Crippen molar-refractivity contribution in [2.45, 2.75) is 25.8 Å². The van der Waals surface area contributed by atoms with Gasteiger partial charge >= 0.3 is 0 Å². The molecule has 2 aromatic heterocycles. The minimum absolute atomic E-state index is 0.0362. The lowest BCUT2D eigenvalue weighted by atomic mass is 9.95. The van der Waals surface area contributed by atoms with Crippen molar-refractivity contribution in [2.75, 3.05) is 6.54 Å². The summed E-state index contributed by atoms with van der Waals surface area (Å²) < 4.78 is 0.